The van der Waals surface area contributed by atoms with Gasteiger partial charge >= 0.3 is 0 Å². The summed E-state index contributed by atoms with van der Waals surface area (Å²) in [6.07, 6.45) is 5.66. The van der Waals surface area contributed by atoms with Gasteiger partial charge in [-0.1, -0.05) is 0 Å². The SMILES string of the molecule is Cc1nc(Nc2cnn(CCN3CCOCC3)c2)nc2[nH]ccc12. The van der Waals surface area contributed by atoms with Crippen molar-refractivity contribution < 1.29 is 4.74 Å². The number of hydrogen-bond acceptors (Lipinski definition) is 6. The van der Waals surface area contributed by atoms with E-state index < -0.39 is 0 Å². The molecule has 2 N–H and O–H groups in total. The molecule has 3 aromatic rings. The molecule has 0 radical (unpaired) electrons. The second-order valence-corrected chi connectivity index (χ2v) is 5.94. The van der Waals surface area contributed by atoms with E-state index in [2.05, 4.69) is 30.3 Å². The lowest BCUT2D eigenvalue weighted by Crippen LogP contribution is -2.38. The monoisotopic (exact) mass is 327 g/mol. The maximum Gasteiger partial charge on any atom is 0.229 e. The Morgan fingerprint density at radius 1 is 1.25 bits per heavy atom. The van der Waals surface area contributed by atoms with Gasteiger partial charge in [0.25, 0.3) is 0 Å². The summed E-state index contributed by atoms with van der Waals surface area (Å²) in [7, 11) is 0. The fourth-order valence-corrected chi connectivity index (χ4v) is 2.90. The lowest BCUT2D eigenvalue weighted by molar-refractivity contribution is 0.0360. The minimum absolute atomic E-state index is 0.579. The smallest absolute Gasteiger partial charge is 0.229 e. The molecule has 0 spiro atoms. The Morgan fingerprint density at radius 2 is 2.12 bits per heavy atom. The second kappa shape index (κ2) is 6.58. The molecule has 0 atom stereocenters. The highest BCUT2D eigenvalue weighted by Crippen LogP contribution is 2.18. The van der Waals surface area contributed by atoms with E-state index >= 15 is 0 Å². The zero-order chi connectivity index (χ0) is 16.4. The number of ether oxygens (including phenoxy) is 1. The van der Waals surface area contributed by atoms with E-state index in [9.17, 15) is 0 Å². The first kappa shape index (κ1) is 15.1. The highest BCUT2D eigenvalue weighted by molar-refractivity contribution is 5.79. The van der Waals surface area contributed by atoms with Crippen LogP contribution in [0.25, 0.3) is 11.0 Å². The number of fused-ring (bicyclic) bond motifs is 1. The number of aromatic amines is 1. The van der Waals surface area contributed by atoms with E-state index in [1.54, 1.807) is 6.20 Å². The van der Waals surface area contributed by atoms with Crippen LogP contribution >= 0.6 is 0 Å². The van der Waals surface area contributed by atoms with Crippen molar-refractivity contribution in [2.45, 2.75) is 13.5 Å². The molecule has 4 heterocycles. The minimum Gasteiger partial charge on any atom is -0.379 e. The molecule has 1 aliphatic heterocycles. The van der Waals surface area contributed by atoms with Gasteiger partial charge in [-0.15, -0.1) is 0 Å². The number of anilines is 2. The van der Waals surface area contributed by atoms with E-state index in [0.717, 1.165) is 61.8 Å². The summed E-state index contributed by atoms with van der Waals surface area (Å²) in [5, 5.41) is 8.67. The van der Waals surface area contributed by atoms with Crippen LogP contribution in [0.5, 0.6) is 0 Å². The molecule has 0 aliphatic carbocycles. The lowest BCUT2D eigenvalue weighted by Gasteiger charge is -2.26. The Morgan fingerprint density at radius 3 is 3.00 bits per heavy atom. The lowest BCUT2D eigenvalue weighted by atomic mass is 10.3. The van der Waals surface area contributed by atoms with Gasteiger partial charge in [0, 0.05) is 37.4 Å². The van der Waals surface area contributed by atoms with Crippen molar-refractivity contribution in [3.05, 3.63) is 30.4 Å². The van der Waals surface area contributed by atoms with Crippen LogP contribution in [-0.4, -0.2) is 62.5 Å². The molecule has 1 aliphatic rings. The Kier molecular flexibility index (Phi) is 4.14. The van der Waals surface area contributed by atoms with Crippen molar-refractivity contribution in [1.82, 2.24) is 29.6 Å². The number of aryl methyl sites for hydroxylation is 1. The number of nitrogens with zero attached hydrogens (tertiary/aromatic N) is 5. The molecular weight excluding hydrogens is 306 g/mol. The summed E-state index contributed by atoms with van der Waals surface area (Å²) in [4.78, 5) is 14.5. The van der Waals surface area contributed by atoms with E-state index in [0.29, 0.717) is 5.95 Å². The van der Waals surface area contributed by atoms with Gasteiger partial charge in [0.1, 0.15) is 5.65 Å². The van der Waals surface area contributed by atoms with Crippen LogP contribution in [0.1, 0.15) is 5.69 Å². The molecule has 0 unspecified atom stereocenters. The first-order valence-corrected chi connectivity index (χ1v) is 8.19. The zero-order valence-electron chi connectivity index (χ0n) is 13.7. The summed E-state index contributed by atoms with van der Waals surface area (Å²) < 4.78 is 7.31. The van der Waals surface area contributed by atoms with Crippen molar-refractivity contribution in [1.29, 1.82) is 0 Å². The molecule has 1 saturated heterocycles. The molecule has 0 amide bonds. The van der Waals surface area contributed by atoms with Crippen LogP contribution in [0, 0.1) is 6.92 Å². The average Bonchev–Trinajstić information content (AvgIpc) is 3.23. The van der Waals surface area contributed by atoms with Gasteiger partial charge in [-0.25, -0.2) is 4.98 Å². The normalized spacial score (nSPS) is 15.9. The van der Waals surface area contributed by atoms with Gasteiger partial charge in [-0.05, 0) is 13.0 Å². The molecule has 0 aromatic carbocycles. The van der Waals surface area contributed by atoms with Crippen molar-refractivity contribution in [2.24, 2.45) is 0 Å². The Labute approximate surface area is 139 Å². The van der Waals surface area contributed by atoms with Crippen LogP contribution in [-0.2, 0) is 11.3 Å². The predicted octanol–water partition coefficient (Wildman–Crippen LogP) is 1.54. The summed E-state index contributed by atoms with van der Waals surface area (Å²) in [6, 6.07) is 1.98. The standard InChI is InChI=1S/C16H21N7O/c1-12-14-2-3-17-15(14)21-16(19-12)20-13-10-18-23(11-13)5-4-22-6-8-24-9-7-22/h2-3,10-11H,4-9H2,1H3,(H2,17,19,20,21). The van der Waals surface area contributed by atoms with Gasteiger partial charge in [0.05, 0.1) is 37.3 Å². The molecule has 0 saturated carbocycles. The van der Waals surface area contributed by atoms with E-state index in [-0.39, 0.29) is 0 Å². The quantitative estimate of drug-likeness (QED) is 0.739. The highest BCUT2D eigenvalue weighted by atomic mass is 16.5. The topological polar surface area (TPSA) is 83.9 Å². The van der Waals surface area contributed by atoms with Crippen molar-refractivity contribution in [3.63, 3.8) is 0 Å². The highest BCUT2D eigenvalue weighted by Gasteiger charge is 2.11. The number of rotatable bonds is 5. The Bertz CT molecular complexity index is 819. The zero-order valence-corrected chi connectivity index (χ0v) is 13.7. The minimum atomic E-state index is 0.579. The number of nitrogens with one attached hydrogen (secondary N) is 2. The molecular formula is C16H21N7O. The fraction of sp³-hybridized carbons (Fsp3) is 0.438. The van der Waals surface area contributed by atoms with Crippen LogP contribution in [0.15, 0.2) is 24.7 Å². The summed E-state index contributed by atoms with van der Waals surface area (Å²) in [6.45, 7) is 7.46. The van der Waals surface area contributed by atoms with Crippen LogP contribution in [0.3, 0.4) is 0 Å². The van der Waals surface area contributed by atoms with Gasteiger partial charge in [-0.3, -0.25) is 9.58 Å². The molecule has 126 valence electrons. The predicted molar refractivity (Wildman–Crippen MR) is 91.4 cm³/mol. The van der Waals surface area contributed by atoms with Crippen molar-refractivity contribution in [2.75, 3.05) is 38.2 Å². The molecule has 8 nitrogen and oxygen atoms in total. The molecule has 8 heteroatoms. The molecule has 4 rings (SSSR count). The Hall–Kier alpha value is -2.45. The second-order valence-electron chi connectivity index (χ2n) is 5.94. The van der Waals surface area contributed by atoms with E-state index in [1.807, 2.05) is 30.1 Å². The van der Waals surface area contributed by atoms with Gasteiger partial charge in [0.2, 0.25) is 5.95 Å². The third kappa shape index (κ3) is 3.24. The van der Waals surface area contributed by atoms with Crippen molar-refractivity contribution >= 4 is 22.7 Å². The van der Waals surface area contributed by atoms with Crippen molar-refractivity contribution in [3.8, 4) is 0 Å². The molecule has 1 fully saturated rings. The third-order valence-electron chi connectivity index (χ3n) is 4.24. The van der Waals surface area contributed by atoms with Crippen LogP contribution < -0.4 is 5.32 Å². The largest absolute Gasteiger partial charge is 0.379 e. The van der Waals surface area contributed by atoms with Crippen LogP contribution in [0.4, 0.5) is 11.6 Å². The average molecular weight is 327 g/mol. The number of H-pyrrole nitrogens is 1. The number of hydrogen-bond donors (Lipinski definition) is 2. The third-order valence-corrected chi connectivity index (χ3v) is 4.24. The number of morpholine rings is 1. The van der Waals surface area contributed by atoms with Gasteiger partial charge in [-0.2, -0.15) is 10.1 Å². The Balaban J connectivity index is 1.40. The van der Waals surface area contributed by atoms with Gasteiger partial charge < -0.3 is 15.0 Å². The van der Waals surface area contributed by atoms with Gasteiger partial charge in [0.15, 0.2) is 0 Å². The molecule has 0 bridgehead atoms. The summed E-state index contributed by atoms with van der Waals surface area (Å²) in [5.41, 5.74) is 2.68. The summed E-state index contributed by atoms with van der Waals surface area (Å²) in [5.74, 6) is 0.579. The van der Waals surface area contributed by atoms with E-state index in [4.69, 9.17) is 4.74 Å². The summed E-state index contributed by atoms with van der Waals surface area (Å²) >= 11 is 0. The van der Waals surface area contributed by atoms with E-state index in [1.165, 1.54) is 0 Å². The molecule has 3 aromatic heterocycles. The van der Waals surface area contributed by atoms with Crippen LogP contribution in [0.2, 0.25) is 0 Å². The fourth-order valence-electron chi connectivity index (χ4n) is 2.90. The maximum atomic E-state index is 5.37. The maximum absolute atomic E-state index is 5.37. The first-order valence-electron chi connectivity index (χ1n) is 8.19. The first-order chi connectivity index (χ1) is 11.8. The number of aromatic nitrogens is 5. The molecule has 24 heavy (non-hydrogen) atoms.